The van der Waals surface area contributed by atoms with Gasteiger partial charge in [0.05, 0.1) is 17.3 Å². The summed E-state index contributed by atoms with van der Waals surface area (Å²) in [6.07, 6.45) is 1.86. The van der Waals surface area contributed by atoms with Crippen molar-refractivity contribution in [1.82, 2.24) is 25.0 Å². The number of hydrogen-bond donors (Lipinski definition) is 2. The van der Waals surface area contributed by atoms with E-state index in [2.05, 4.69) is 15.5 Å². The van der Waals surface area contributed by atoms with Crippen LogP contribution in [0.2, 0.25) is 0 Å². The molecule has 10 heteroatoms. The number of fused-ring (bicyclic) bond motifs is 1. The van der Waals surface area contributed by atoms with Gasteiger partial charge in [-0.15, -0.1) is 5.10 Å². The monoisotopic (exact) mass is 563 g/mol. The average Bonchev–Trinajstić information content (AvgIpc) is 3.68. The van der Waals surface area contributed by atoms with Gasteiger partial charge in [0.1, 0.15) is 17.0 Å². The molecule has 5 aromatic rings. The number of aryl methyl sites for hydroxylation is 1. The molecule has 2 heterocycles. The maximum atomic E-state index is 13.6. The smallest absolute Gasteiger partial charge is 0.414 e. The second-order valence-corrected chi connectivity index (χ2v) is 10.4. The summed E-state index contributed by atoms with van der Waals surface area (Å²) in [5.41, 5.74) is 4.23. The van der Waals surface area contributed by atoms with Gasteiger partial charge in [0, 0.05) is 23.7 Å². The maximum Gasteiger partial charge on any atom is 0.414 e. The fourth-order valence-electron chi connectivity index (χ4n) is 5.09. The summed E-state index contributed by atoms with van der Waals surface area (Å²) < 4.78 is 14.9. The third kappa shape index (κ3) is 4.77. The van der Waals surface area contributed by atoms with E-state index in [-0.39, 0.29) is 28.2 Å². The minimum atomic E-state index is -1.44. The van der Waals surface area contributed by atoms with Crippen molar-refractivity contribution >= 4 is 23.4 Å². The Hall–Kier alpha value is -5.38. The van der Waals surface area contributed by atoms with Gasteiger partial charge in [0.2, 0.25) is 0 Å². The minimum absolute atomic E-state index is 0.00550. The number of rotatable bonds is 6. The van der Waals surface area contributed by atoms with Crippen molar-refractivity contribution in [2.24, 2.45) is 0 Å². The van der Waals surface area contributed by atoms with Gasteiger partial charge in [0.25, 0.3) is 11.8 Å². The van der Waals surface area contributed by atoms with E-state index in [9.17, 15) is 23.9 Å². The molecule has 6 rings (SSSR count). The molecule has 1 aliphatic rings. The quantitative estimate of drug-likeness (QED) is 0.275. The molecule has 1 saturated carbocycles. The van der Waals surface area contributed by atoms with Crippen LogP contribution in [0, 0.1) is 12.7 Å². The van der Waals surface area contributed by atoms with E-state index >= 15 is 0 Å². The summed E-state index contributed by atoms with van der Waals surface area (Å²) in [4.78, 5) is 39.0. The zero-order valence-corrected chi connectivity index (χ0v) is 22.8. The maximum absolute atomic E-state index is 13.6. The van der Waals surface area contributed by atoms with Gasteiger partial charge in [-0.3, -0.25) is 9.59 Å². The Kier molecular flexibility index (Phi) is 6.53. The molecular weight excluding hydrogens is 537 g/mol. The number of carboxylic acid groups (broad SMARTS) is 1. The fraction of sp³-hybridized carbons (Fsp3) is 0.156. The number of amides is 3. The lowest BCUT2D eigenvalue weighted by molar-refractivity contribution is 0.0783. The van der Waals surface area contributed by atoms with Crippen LogP contribution in [0.1, 0.15) is 44.7 Å². The number of aromatic nitrogens is 3. The van der Waals surface area contributed by atoms with E-state index in [1.807, 2.05) is 43.3 Å². The average molecular weight is 564 g/mol. The molecule has 0 unspecified atom stereocenters. The number of nitrogens with zero attached hydrogens (tertiary/aromatic N) is 4. The predicted molar refractivity (Wildman–Crippen MR) is 153 cm³/mol. The van der Waals surface area contributed by atoms with E-state index in [0.717, 1.165) is 36.6 Å². The first kappa shape index (κ1) is 26.8. The molecule has 1 aliphatic carbocycles. The van der Waals surface area contributed by atoms with E-state index < -0.39 is 17.8 Å². The lowest BCUT2D eigenvalue weighted by atomic mass is 9.97. The third-order valence-electron chi connectivity index (χ3n) is 7.66. The first-order valence-corrected chi connectivity index (χ1v) is 13.3. The third-order valence-corrected chi connectivity index (χ3v) is 7.66. The Bertz CT molecular complexity index is 1860. The topological polar surface area (TPSA) is 117 Å². The van der Waals surface area contributed by atoms with Crippen LogP contribution < -0.4 is 5.32 Å². The van der Waals surface area contributed by atoms with Crippen molar-refractivity contribution in [2.45, 2.75) is 25.3 Å². The SMILES string of the molecule is Cc1ccc(C(=O)NC2(c3ccccc3)CC2)cc1-c1cnn2nc(-c3ccc(F)cc3)c(C(=O)N(C)C(=O)O)c2c1. The molecule has 0 saturated heterocycles. The molecule has 2 aromatic heterocycles. The fourth-order valence-corrected chi connectivity index (χ4v) is 5.09. The second-order valence-electron chi connectivity index (χ2n) is 10.4. The molecule has 210 valence electrons. The number of carbonyl (C=O) groups is 3. The number of nitrogens with one attached hydrogen (secondary N) is 1. The van der Waals surface area contributed by atoms with Crippen molar-refractivity contribution in [3.05, 3.63) is 113 Å². The molecular formula is C32H26FN5O4. The van der Waals surface area contributed by atoms with Crippen LogP contribution in [0.15, 0.2) is 85.1 Å². The van der Waals surface area contributed by atoms with Crippen molar-refractivity contribution in [1.29, 1.82) is 0 Å². The molecule has 0 radical (unpaired) electrons. The largest absolute Gasteiger partial charge is 0.465 e. The highest BCUT2D eigenvalue weighted by atomic mass is 19.1. The molecule has 1 fully saturated rings. The van der Waals surface area contributed by atoms with Crippen LogP contribution in [0.3, 0.4) is 0 Å². The molecule has 0 bridgehead atoms. The molecule has 42 heavy (non-hydrogen) atoms. The van der Waals surface area contributed by atoms with Gasteiger partial charge in [-0.25, -0.2) is 14.1 Å². The van der Waals surface area contributed by atoms with Gasteiger partial charge in [-0.05, 0) is 78.9 Å². The molecule has 0 spiro atoms. The van der Waals surface area contributed by atoms with E-state index in [4.69, 9.17) is 0 Å². The molecule has 3 aromatic carbocycles. The van der Waals surface area contributed by atoms with Crippen LogP contribution in [0.25, 0.3) is 27.9 Å². The van der Waals surface area contributed by atoms with Gasteiger partial charge in [-0.1, -0.05) is 36.4 Å². The van der Waals surface area contributed by atoms with Crippen molar-refractivity contribution in [3.8, 4) is 22.4 Å². The Labute approximate surface area is 240 Å². The molecule has 0 aliphatic heterocycles. The van der Waals surface area contributed by atoms with Crippen LogP contribution in [-0.4, -0.2) is 49.8 Å². The van der Waals surface area contributed by atoms with Crippen LogP contribution >= 0.6 is 0 Å². The van der Waals surface area contributed by atoms with Gasteiger partial charge < -0.3 is 10.4 Å². The van der Waals surface area contributed by atoms with Gasteiger partial charge >= 0.3 is 6.09 Å². The van der Waals surface area contributed by atoms with Gasteiger partial charge in [-0.2, -0.15) is 9.73 Å². The highest BCUT2D eigenvalue weighted by Gasteiger charge is 2.45. The normalized spacial score (nSPS) is 13.5. The number of carbonyl (C=O) groups excluding carboxylic acids is 2. The Morgan fingerprint density at radius 2 is 1.69 bits per heavy atom. The lowest BCUT2D eigenvalue weighted by Crippen LogP contribution is -2.34. The summed E-state index contributed by atoms with van der Waals surface area (Å²) in [6.45, 7) is 1.90. The summed E-state index contributed by atoms with van der Waals surface area (Å²) in [5, 5.41) is 21.5. The van der Waals surface area contributed by atoms with Crippen molar-refractivity contribution in [2.75, 3.05) is 7.05 Å². The zero-order valence-electron chi connectivity index (χ0n) is 22.8. The van der Waals surface area contributed by atoms with E-state index in [0.29, 0.717) is 21.6 Å². The molecule has 0 atom stereocenters. The van der Waals surface area contributed by atoms with Crippen molar-refractivity contribution < 1.29 is 23.9 Å². The Morgan fingerprint density at radius 1 is 0.976 bits per heavy atom. The van der Waals surface area contributed by atoms with Crippen LogP contribution in [0.4, 0.5) is 9.18 Å². The minimum Gasteiger partial charge on any atom is -0.465 e. The van der Waals surface area contributed by atoms with Crippen molar-refractivity contribution in [3.63, 3.8) is 0 Å². The Morgan fingerprint density at radius 3 is 2.36 bits per heavy atom. The lowest BCUT2D eigenvalue weighted by Gasteiger charge is -2.18. The number of hydrogen-bond acceptors (Lipinski definition) is 5. The zero-order chi connectivity index (χ0) is 29.6. The van der Waals surface area contributed by atoms with E-state index in [1.165, 1.54) is 28.9 Å². The molecule has 2 N–H and O–H groups in total. The number of benzene rings is 3. The highest BCUT2D eigenvalue weighted by Crippen LogP contribution is 2.45. The standard InChI is InChI=1S/C32H26FN5O4/c1-19-8-9-21(29(39)35-32(14-15-32)23-6-4-3-5-7-23)16-25(19)22-17-26-27(30(40)37(2)31(41)42)28(36-38(26)34-18-22)20-10-12-24(33)13-11-20/h3-13,16-18H,14-15H2,1-2H3,(H,35,39)(H,41,42). The number of imide groups is 1. The summed E-state index contributed by atoms with van der Waals surface area (Å²) in [5.74, 6) is -1.47. The van der Waals surface area contributed by atoms with Crippen LogP contribution in [-0.2, 0) is 5.54 Å². The Balaban J connectivity index is 1.41. The highest BCUT2D eigenvalue weighted by molar-refractivity contribution is 6.11. The van der Waals surface area contributed by atoms with Crippen LogP contribution in [0.5, 0.6) is 0 Å². The van der Waals surface area contributed by atoms with E-state index in [1.54, 1.807) is 24.4 Å². The number of halogens is 1. The first-order chi connectivity index (χ1) is 20.2. The second kappa shape index (κ2) is 10.2. The first-order valence-electron chi connectivity index (χ1n) is 13.3. The van der Waals surface area contributed by atoms with Gasteiger partial charge in [0.15, 0.2) is 0 Å². The summed E-state index contributed by atoms with van der Waals surface area (Å²) >= 11 is 0. The summed E-state index contributed by atoms with van der Waals surface area (Å²) in [7, 11) is 1.15. The predicted octanol–water partition coefficient (Wildman–Crippen LogP) is 5.68. The molecule has 9 nitrogen and oxygen atoms in total. The summed E-state index contributed by atoms with van der Waals surface area (Å²) in [6, 6.07) is 22.4. The molecule has 3 amide bonds.